The number of carboxylic acid groups (broad SMARTS) is 1. The fraction of sp³-hybridized carbons (Fsp3) is 0.571. The predicted molar refractivity (Wildman–Crippen MR) is 70.2 cm³/mol. The summed E-state index contributed by atoms with van der Waals surface area (Å²) in [5.41, 5.74) is 0.114. The Morgan fingerprint density at radius 2 is 1.90 bits per heavy atom. The van der Waals surface area contributed by atoms with E-state index in [-0.39, 0.29) is 0 Å². The Kier molecular flexibility index (Phi) is 3.35. The molecule has 1 aromatic heterocycles. The maximum absolute atomic E-state index is 11.2. The molecule has 1 saturated carbocycles. The number of amides is 1. The Bertz CT molecular complexity index is 475. The molecule has 1 spiro atoms. The van der Waals surface area contributed by atoms with Crippen molar-refractivity contribution in [3.8, 4) is 0 Å². The summed E-state index contributed by atoms with van der Waals surface area (Å²) in [6.07, 6.45) is 3.24. The van der Waals surface area contributed by atoms with Crippen molar-refractivity contribution in [1.29, 1.82) is 0 Å². The number of nitrogens with zero attached hydrogens (tertiary/aromatic N) is 1. The first-order chi connectivity index (χ1) is 9.64. The van der Waals surface area contributed by atoms with Crippen LogP contribution in [-0.4, -0.2) is 35.2 Å². The molecule has 2 aliphatic rings. The molecule has 2 fully saturated rings. The molecule has 0 unspecified atom stereocenters. The zero-order valence-electron chi connectivity index (χ0n) is 11.2. The average molecular weight is 278 g/mol. The van der Waals surface area contributed by atoms with Crippen LogP contribution in [-0.2, 0) is 15.0 Å². The maximum Gasteiger partial charge on any atom is 0.405 e. The van der Waals surface area contributed by atoms with Crippen molar-refractivity contribution in [2.45, 2.75) is 37.0 Å². The van der Waals surface area contributed by atoms with E-state index in [0.29, 0.717) is 38.9 Å². The van der Waals surface area contributed by atoms with E-state index in [0.717, 1.165) is 5.69 Å². The fourth-order valence-electron chi connectivity index (χ4n) is 3.14. The van der Waals surface area contributed by atoms with Crippen molar-refractivity contribution in [3.63, 3.8) is 0 Å². The number of hydrogen-bond acceptors (Lipinski definition) is 4. The SMILES string of the molecule is O=C(O)NC1(c2ccccn2)CCC2(CC1)OCCO2. The molecule has 108 valence electrons. The first-order valence-electron chi connectivity index (χ1n) is 6.85. The van der Waals surface area contributed by atoms with Gasteiger partial charge < -0.3 is 19.9 Å². The van der Waals surface area contributed by atoms with Gasteiger partial charge in [-0.1, -0.05) is 6.07 Å². The highest BCUT2D eigenvalue weighted by molar-refractivity contribution is 5.66. The van der Waals surface area contributed by atoms with Crippen LogP contribution in [0.4, 0.5) is 4.79 Å². The first kappa shape index (κ1) is 13.3. The van der Waals surface area contributed by atoms with Crippen LogP contribution in [0.1, 0.15) is 31.4 Å². The van der Waals surface area contributed by atoms with Crippen molar-refractivity contribution in [2.75, 3.05) is 13.2 Å². The van der Waals surface area contributed by atoms with E-state index in [1.165, 1.54) is 0 Å². The van der Waals surface area contributed by atoms with E-state index in [1.54, 1.807) is 6.20 Å². The molecule has 0 aromatic carbocycles. The lowest BCUT2D eigenvalue weighted by Crippen LogP contribution is -2.52. The van der Waals surface area contributed by atoms with Gasteiger partial charge >= 0.3 is 6.09 Å². The Morgan fingerprint density at radius 1 is 1.20 bits per heavy atom. The summed E-state index contributed by atoms with van der Waals surface area (Å²) in [4.78, 5) is 15.5. The Balaban J connectivity index is 1.84. The summed E-state index contributed by atoms with van der Waals surface area (Å²) in [6.45, 7) is 1.23. The van der Waals surface area contributed by atoms with Crippen molar-refractivity contribution in [3.05, 3.63) is 30.1 Å². The molecule has 2 N–H and O–H groups in total. The second-order valence-corrected chi connectivity index (χ2v) is 5.33. The van der Waals surface area contributed by atoms with Gasteiger partial charge in [0.1, 0.15) is 0 Å². The normalized spacial score (nSPS) is 23.6. The van der Waals surface area contributed by atoms with Crippen molar-refractivity contribution in [2.24, 2.45) is 0 Å². The third-order valence-corrected chi connectivity index (χ3v) is 4.18. The van der Waals surface area contributed by atoms with Crippen LogP contribution in [0.5, 0.6) is 0 Å². The lowest BCUT2D eigenvalue weighted by Gasteiger charge is -2.43. The topological polar surface area (TPSA) is 80.7 Å². The molecule has 2 heterocycles. The van der Waals surface area contributed by atoms with Gasteiger partial charge in [-0.3, -0.25) is 4.98 Å². The Morgan fingerprint density at radius 3 is 2.45 bits per heavy atom. The number of ether oxygens (including phenoxy) is 2. The van der Waals surface area contributed by atoms with Crippen molar-refractivity contribution in [1.82, 2.24) is 10.3 Å². The molecule has 0 radical (unpaired) electrons. The number of nitrogens with one attached hydrogen (secondary N) is 1. The van der Waals surface area contributed by atoms with Gasteiger partial charge in [0.2, 0.25) is 0 Å². The highest BCUT2D eigenvalue weighted by Gasteiger charge is 2.48. The molecule has 6 heteroatoms. The third-order valence-electron chi connectivity index (χ3n) is 4.18. The minimum atomic E-state index is -1.03. The molecular formula is C14H18N2O4. The molecule has 1 saturated heterocycles. The van der Waals surface area contributed by atoms with Crippen LogP contribution in [0.25, 0.3) is 0 Å². The van der Waals surface area contributed by atoms with Crippen LogP contribution in [0.3, 0.4) is 0 Å². The summed E-state index contributed by atoms with van der Waals surface area (Å²) in [5, 5.41) is 11.8. The summed E-state index contributed by atoms with van der Waals surface area (Å²) < 4.78 is 11.4. The molecule has 1 aliphatic carbocycles. The molecule has 1 aromatic rings. The van der Waals surface area contributed by atoms with Gasteiger partial charge in [-0.25, -0.2) is 4.79 Å². The van der Waals surface area contributed by atoms with E-state index in [4.69, 9.17) is 14.6 Å². The fourth-order valence-corrected chi connectivity index (χ4v) is 3.14. The van der Waals surface area contributed by atoms with E-state index < -0.39 is 17.4 Å². The number of hydrogen-bond donors (Lipinski definition) is 2. The van der Waals surface area contributed by atoms with Gasteiger partial charge in [-0.15, -0.1) is 0 Å². The zero-order valence-corrected chi connectivity index (χ0v) is 11.2. The minimum absolute atomic E-state index is 0.515. The summed E-state index contributed by atoms with van der Waals surface area (Å²) in [7, 11) is 0. The molecular weight excluding hydrogens is 260 g/mol. The smallest absolute Gasteiger partial charge is 0.405 e. The lowest BCUT2D eigenvalue weighted by molar-refractivity contribution is -0.186. The molecule has 0 bridgehead atoms. The molecule has 3 rings (SSSR count). The molecule has 0 atom stereocenters. The highest BCUT2D eigenvalue weighted by Crippen LogP contribution is 2.44. The van der Waals surface area contributed by atoms with Crippen LogP contribution < -0.4 is 5.32 Å². The van der Waals surface area contributed by atoms with Crippen molar-refractivity contribution < 1.29 is 19.4 Å². The van der Waals surface area contributed by atoms with Gasteiger partial charge in [0.05, 0.1) is 24.4 Å². The summed E-state index contributed by atoms with van der Waals surface area (Å²) in [5.74, 6) is -0.515. The minimum Gasteiger partial charge on any atom is -0.465 e. The highest BCUT2D eigenvalue weighted by atomic mass is 16.7. The second kappa shape index (κ2) is 5.03. The van der Waals surface area contributed by atoms with Crippen molar-refractivity contribution >= 4 is 6.09 Å². The number of carbonyl (C=O) groups is 1. The van der Waals surface area contributed by atoms with Gasteiger partial charge in [0, 0.05) is 19.0 Å². The number of pyridine rings is 1. The summed E-state index contributed by atoms with van der Waals surface area (Å²) >= 11 is 0. The monoisotopic (exact) mass is 278 g/mol. The number of rotatable bonds is 2. The first-order valence-corrected chi connectivity index (χ1v) is 6.85. The van der Waals surface area contributed by atoms with E-state index in [2.05, 4.69) is 10.3 Å². The molecule has 1 aliphatic heterocycles. The second-order valence-electron chi connectivity index (χ2n) is 5.33. The van der Waals surface area contributed by atoms with Crippen LogP contribution >= 0.6 is 0 Å². The van der Waals surface area contributed by atoms with Gasteiger partial charge in [-0.2, -0.15) is 0 Å². The third kappa shape index (κ3) is 2.36. The largest absolute Gasteiger partial charge is 0.465 e. The molecule has 20 heavy (non-hydrogen) atoms. The average Bonchev–Trinajstić information content (AvgIpc) is 2.91. The maximum atomic E-state index is 11.2. The zero-order chi connectivity index (χ0) is 14.1. The van der Waals surface area contributed by atoms with E-state index in [1.807, 2.05) is 18.2 Å². The van der Waals surface area contributed by atoms with Gasteiger partial charge in [0.25, 0.3) is 0 Å². The van der Waals surface area contributed by atoms with E-state index in [9.17, 15) is 4.79 Å². The molecule has 1 amide bonds. The Labute approximate surface area is 117 Å². The molecule has 6 nitrogen and oxygen atoms in total. The van der Waals surface area contributed by atoms with E-state index >= 15 is 0 Å². The van der Waals surface area contributed by atoms with Crippen LogP contribution in [0, 0.1) is 0 Å². The standard InChI is InChI=1S/C14H18N2O4/c17-12(18)16-13(11-3-1-2-8-15-11)4-6-14(7-5-13)19-9-10-20-14/h1-3,8,16H,4-7,9-10H2,(H,17,18). The van der Waals surface area contributed by atoms with Gasteiger partial charge in [-0.05, 0) is 25.0 Å². The van der Waals surface area contributed by atoms with Crippen LogP contribution in [0.2, 0.25) is 0 Å². The van der Waals surface area contributed by atoms with Crippen LogP contribution in [0.15, 0.2) is 24.4 Å². The quantitative estimate of drug-likeness (QED) is 0.863. The lowest BCUT2D eigenvalue weighted by atomic mass is 9.76. The number of aromatic nitrogens is 1. The predicted octanol–water partition coefficient (Wildman–Crippen LogP) is 1.86. The van der Waals surface area contributed by atoms with Gasteiger partial charge in [0.15, 0.2) is 5.79 Å². The Hall–Kier alpha value is -1.66. The summed E-state index contributed by atoms with van der Waals surface area (Å²) in [6, 6.07) is 5.57.